The van der Waals surface area contributed by atoms with E-state index in [0.717, 1.165) is 37.0 Å². The summed E-state index contributed by atoms with van der Waals surface area (Å²) in [7, 11) is 0. The molecule has 2 aromatic rings. The minimum absolute atomic E-state index is 0.174. The van der Waals surface area contributed by atoms with Crippen LogP contribution in [0.3, 0.4) is 0 Å². The van der Waals surface area contributed by atoms with Crippen LogP contribution in [0.2, 0.25) is 0 Å². The monoisotopic (exact) mass is 264 g/mol. The van der Waals surface area contributed by atoms with Crippen molar-refractivity contribution in [2.24, 2.45) is 0 Å². The molecule has 0 radical (unpaired) electrons. The topological polar surface area (TPSA) is 74.4 Å². The van der Waals surface area contributed by atoms with Crippen molar-refractivity contribution in [1.29, 1.82) is 0 Å². The number of para-hydroxylation sites is 1. The summed E-state index contributed by atoms with van der Waals surface area (Å²) in [6.45, 7) is 2.54. The molecule has 0 aliphatic carbocycles. The van der Waals surface area contributed by atoms with E-state index in [0.29, 0.717) is 6.67 Å². The normalized spacial score (nSPS) is 11.5. The van der Waals surface area contributed by atoms with E-state index < -0.39 is 0 Å². The van der Waals surface area contributed by atoms with E-state index in [4.69, 9.17) is 10.2 Å². The Labute approximate surface area is 112 Å². The molecule has 0 fully saturated rings. The van der Waals surface area contributed by atoms with Gasteiger partial charge in [-0.15, -0.1) is 5.10 Å². The van der Waals surface area contributed by atoms with E-state index in [1.54, 1.807) is 0 Å². The molecule has 6 nitrogen and oxygen atoms in total. The van der Waals surface area contributed by atoms with Gasteiger partial charge >= 0.3 is 0 Å². The van der Waals surface area contributed by atoms with Gasteiger partial charge in [0.25, 0.3) is 0 Å². The van der Waals surface area contributed by atoms with E-state index in [2.05, 4.69) is 15.2 Å². The second kappa shape index (κ2) is 7.18. The third-order valence-corrected chi connectivity index (χ3v) is 3.02. The van der Waals surface area contributed by atoms with Crippen LogP contribution >= 0.6 is 0 Å². The van der Waals surface area contributed by atoms with Gasteiger partial charge in [-0.2, -0.15) is 0 Å². The van der Waals surface area contributed by atoms with Crippen LogP contribution in [-0.2, 0) is 6.67 Å². The van der Waals surface area contributed by atoms with Crippen LogP contribution in [0.25, 0.3) is 11.0 Å². The number of aliphatic hydroxyl groups is 2. The molecule has 0 amide bonds. The van der Waals surface area contributed by atoms with Crippen LogP contribution in [-0.4, -0.2) is 56.4 Å². The molecule has 6 heteroatoms. The molecule has 0 aliphatic heterocycles. The average molecular weight is 264 g/mol. The summed E-state index contributed by atoms with van der Waals surface area (Å²) in [5.41, 5.74) is 1.88. The number of nitrogens with zero attached hydrogens (tertiary/aromatic N) is 4. The van der Waals surface area contributed by atoms with Crippen molar-refractivity contribution in [1.82, 2.24) is 19.9 Å². The molecule has 0 spiro atoms. The van der Waals surface area contributed by atoms with Gasteiger partial charge in [-0.3, -0.25) is 4.90 Å². The zero-order valence-corrected chi connectivity index (χ0v) is 10.9. The standard InChI is InChI=1S/C13H20N4O2/c18-9-3-7-16(8-4-10-19)11-17-13-6-2-1-5-12(13)14-15-17/h1-2,5-6,18-19H,3-4,7-11H2. The van der Waals surface area contributed by atoms with Gasteiger partial charge in [0, 0.05) is 26.3 Å². The Bertz CT molecular complexity index is 492. The maximum Gasteiger partial charge on any atom is 0.113 e. The lowest BCUT2D eigenvalue weighted by atomic mass is 10.3. The number of benzene rings is 1. The summed E-state index contributed by atoms with van der Waals surface area (Å²) >= 11 is 0. The molecule has 1 aromatic heterocycles. The summed E-state index contributed by atoms with van der Waals surface area (Å²) in [5.74, 6) is 0. The van der Waals surface area contributed by atoms with Crippen LogP contribution in [0.1, 0.15) is 12.8 Å². The van der Waals surface area contributed by atoms with Crippen molar-refractivity contribution in [2.45, 2.75) is 19.5 Å². The lowest BCUT2D eigenvalue weighted by Gasteiger charge is -2.21. The molecule has 0 saturated carbocycles. The van der Waals surface area contributed by atoms with E-state index in [9.17, 15) is 0 Å². The van der Waals surface area contributed by atoms with E-state index >= 15 is 0 Å². The van der Waals surface area contributed by atoms with Crippen LogP contribution in [0.4, 0.5) is 0 Å². The number of fused-ring (bicyclic) bond motifs is 1. The molecular formula is C13H20N4O2. The number of hydrogen-bond acceptors (Lipinski definition) is 5. The van der Waals surface area contributed by atoms with Crippen molar-refractivity contribution >= 4 is 11.0 Å². The summed E-state index contributed by atoms with van der Waals surface area (Å²) in [6.07, 6.45) is 1.44. The first kappa shape index (κ1) is 13.9. The maximum absolute atomic E-state index is 8.93. The molecule has 1 heterocycles. The number of rotatable bonds is 8. The SMILES string of the molecule is OCCCN(CCCO)Cn1nnc2ccccc21. The fraction of sp³-hybridized carbons (Fsp3) is 0.538. The predicted octanol–water partition coefficient (Wildman–Crippen LogP) is 0.456. The second-order valence-electron chi connectivity index (χ2n) is 4.49. The van der Waals surface area contributed by atoms with Gasteiger partial charge in [0.2, 0.25) is 0 Å². The van der Waals surface area contributed by atoms with Crippen LogP contribution in [0.5, 0.6) is 0 Å². The van der Waals surface area contributed by atoms with Gasteiger partial charge in [0.1, 0.15) is 5.52 Å². The summed E-state index contributed by atoms with van der Waals surface area (Å²) in [5, 5.41) is 26.1. The molecule has 0 unspecified atom stereocenters. The van der Waals surface area contributed by atoms with Gasteiger partial charge in [-0.05, 0) is 25.0 Å². The van der Waals surface area contributed by atoms with Gasteiger partial charge < -0.3 is 10.2 Å². The molecule has 0 aliphatic rings. The smallest absolute Gasteiger partial charge is 0.113 e. The molecule has 1 aromatic carbocycles. The molecule has 0 saturated heterocycles. The van der Waals surface area contributed by atoms with Crippen LogP contribution in [0.15, 0.2) is 24.3 Å². The van der Waals surface area contributed by atoms with Crippen LogP contribution < -0.4 is 0 Å². The molecular weight excluding hydrogens is 244 g/mol. The zero-order chi connectivity index (χ0) is 13.5. The highest BCUT2D eigenvalue weighted by Crippen LogP contribution is 2.10. The number of aliphatic hydroxyl groups excluding tert-OH is 2. The Morgan fingerprint density at radius 3 is 2.42 bits per heavy atom. The van der Waals surface area contributed by atoms with Crippen molar-refractivity contribution < 1.29 is 10.2 Å². The Hall–Kier alpha value is -1.50. The molecule has 2 N–H and O–H groups in total. The van der Waals surface area contributed by atoms with Crippen molar-refractivity contribution in [3.8, 4) is 0 Å². The van der Waals surface area contributed by atoms with Crippen molar-refractivity contribution in [3.05, 3.63) is 24.3 Å². The third-order valence-electron chi connectivity index (χ3n) is 3.02. The Morgan fingerprint density at radius 2 is 1.74 bits per heavy atom. The fourth-order valence-electron chi connectivity index (χ4n) is 2.05. The van der Waals surface area contributed by atoms with E-state index in [1.165, 1.54) is 0 Å². The minimum atomic E-state index is 0.174. The lowest BCUT2D eigenvalue weighted by Crippen LogP contribution is -2.30. The summed E-state index contributed by atoms with van der Waals surface area (Å²) < 4.78 is 1.85. The first-order valence-electron chi connectivity index (χ1n) is 6.57. The van der Waals surface area contributed by atoms with Crippen LogP contribution in [0, 0.1) is 0 Å². The Morgan fingerprint density at radius 1 is 1.05 bits per heavy atom. The predicted molar refractivity (Wildman–Crippen MR) is 72.5 cm³/mol. The molecule has 19 heavy (non-hydrogen) atoms. The van der Waals surface area contributed by atoms with Gasteiger partial charge in [0.15, 0.2) is 0 Å². The molecule has 2 rings (SSSR count). The van der Waals surface area contributed by atoms with E-state index in [1.807, 2.05) is 28.9 Å². The summed E-state index contributed by atoms with van der Waals surface area (Å²) in [6, 6.07) is 7.83. The number of hydrogen-bond donors (Lipinski definition) is 2. The largest absolute Gasteiger partial charge is 0.396 e. The average Bonchev–Trinajstić information content (AvgIpc) is 2.85. The maximum atomic E-state index is 8.93. The van der Waals surface area contributed by atoms with Crippen molar-refractivity contribution in [3.63, 3.8) is 0 Å². The number of aromatic nitrogens is 3. The van der Waals surface area contributed by atoms with Gasteiger partial charge in [-0.25, -0.2) is 4.68 Å². The quantitative estimate of drug-likeness (QED) is 0.724. The highest BCUT2D eigenvalue weighted by molar-refractivity contribution is 5.73. The van der Waals surface area contributed by atoms with Crippen molar-refractivity contribution in [2.75, 3.05) is 26.3 Å². The highest BCUT2D eigenvalue weighted by atomic mass is 16.3. The zero-order valence-electron chi connectivity index (χ0n) is 10.9. The van der Waals surface area contributed by atoms with Gasteiger partial charge in [-0.1, -0.05) is 17.3 Å². The molecule has 104 valence electrons. The first-order chi connectivity index (χ1) is 9.35. The highest BCUT2D eigenvalue weighted by Gasteiger charge is 2.09. The Kier molecular flexibility index (Phi) is 5.26. The molecule has 0 atom stereocenters. The fourth-order valence-corrected chi connectivity index (χ4v) is 2.05. The molecule has 0 bridgehead atoms. The third kappa shape index (κ3) is 3.73. The first-order valence-corrected chi connectivity index (χ1v) is 6.57. The minimum Gasteiger partial charge on any atom is -0.396 e. The van der Waals surface area contributed by atoms with E-state index in [-0.39, 0.29) is 13.2 Å². The van der Waals surface area contributed by atoms with Gasteiger partial charge in [0.05, 0.1) is 12.2 Å². The Balaban J connectivity index is 2.06. The summed E-state index contributed by atoms with van der Waals surface area (Å²) in [4.78, 5) is 2.16. The lowest BCUT2D eigenvalue weighted by molar-refractivity contribution is 0.166. The second-order valence-corrected chi connectivity index (χ2v) is 4.49.